The maximum atomic E-state index is 12.3. The fraction of sp³-hybridized carbons (Fsp3) is 0.917. The summed E-state index contributed by atoms with van der Waals surface area (Å²) >= 11 is 0. The molecular weight excluding hydrogens is 206 g/mol. The zero-order valence-electron chi connectivity index (χ0n) is 9.47. The minimum Gasteiger partial charge on any atom is -0.395 e. The molecule has 4 heteroatoms. The second-order valence-corrected chi connectivity index (χ2v) is 5.20. The summed E-state index contributed by atoms with van der Waals surface area (Å²) in [6.07, 6.45) is 5.77. The largest absolute Gasteiger partial charge is 0.395 e. The van der Waals surface area contributed by atoms with Gasteiger partial charge in [-0.05, 0) is 32.1 Å². The Labute approximate surface area is 95.6 Å². The van der Waals surface area contributed by atoms with Gasteiger partial charge in [-0.3, -0.25) is 4.79 Å². The van der Waals surface area contributed by atoms with Gasteiger partial charge < -0.3 is 14.7 Å². The number of hydrogen-bond donors (Lipinski definition) is 1. The van der Waals surface area contributed by atoms with Gasteiger partial charge >= 0.3 is 0 Å². The molecule has 90 valence electrons. The van der Waals surface area contributed by atoms with E-state index in [4.69, 9.17) is 9.84 Å². The van der Waals surface area contributed by atoms with Crippen LogP contribution in [0.4, 0.5) is 0 Å². The van der Waals surface area contributed by atoms with Crippen LogP contribution >= 0.6 is 0 Å². The molecule has 2 saturated heterocycles. The molecule has 3 fully saturated rings. The highest BCUT2D eigenvalue weighted by atomic mass is 16.5. The van der Waals surface area contributed by atoms with E-state index in [1.165, 1.54) is 0 Å². The molecule has 0 aromatic rings. The number of carbonyl (C=O) groups excluding carboxylic acids is 1. The fourth-order valence-corrected chi connectivity index (χ4v) is 3.08. The van der Waals surface area contributed by atoms with E-state index in [0.29, 0.717) is 18.7 Å². The lowest BCUT2D eigenvalue weighted by Crippen LogP contribution is -2.42. The quantitative estimate of drug-likeness (QED) is 0.759. The van der Waals surface area contributed by atoms with Gasteiger partial charge in [0.25, 0.3) is 0 Å². The van der Waals surface area contributed by atoms with Crippen molar-refractivity contribution in [2.75, 3.05) is 13.2 Å². The normalized spacial score (nSPS) is 36.7. The van der Waals surface area contributed by atoms with Crippen LogP contribution in [0.2, 0.25) is 0 Å². The van der Waals surface area contributed by atoms with Crippen LogP contribution in [0, 0.1) is 5.92 Å². The summed E-state index contributed by atoms with van der Waals surface area (Å²) in [5, 5.41) is 9.01. The zero-order chi connectivity index (χ0) is 11.1. The molecule has 3 rings (SSSR count). The first-order chi connectivity index (χ1) is 7.79. The molecule has 3 atom stereocenters. The number of aliphatic hydroxyl groups is 1. The molecule has 2 heterocycles. The lowest BCUT2D eigenvalue weighted by atomic mass is 9.88. The topological polar surface area (TPSA) is 49.8 Å². The van der Waals surface area contributed by atoms with E-state index >= 15 is 0 Å². The minimum atomic E-state index is 0.0733. The molecule has 1 amide bonds. The molecule has 0 aromatic carbocycles. The van der Waals surface area contributed by atoms with Crippen molar-refractivity contribution in [1.29, 1.82) is 0 Å². The Morgan fingerprint density at radius 2 is 2.12 bits per heavy atom. The number of carbonyl (C=O) groups is 1. The van der Waals surface area contributed by atoms with Crippen molar-refractivity contribution < 1.29 is 14.6 Å². The maximum Gasteiger partial charge on any atom is 0.228 e. The molecule has 0 aromatic heterocycles. The van der Waals surface area contributed by atoms with Gasteiger partial charge in [-0.15, -0.1) is 0 Å². The standard InChI is InChI=1S/C12H19NO3/c14-6-5-13(8-1-2-8)12(15)10-7-9-3-4-11(10)16-9/h8-11,14H,1-7H2. The van der Waals surface area contributed by atoms with E-state index in [-0.39, 0.29) is 24.5 Å². The van der Waals surface area contributed by atoms with Crippen LogP contribution in [0.25, 0.3) is 0 Å². The van der Waals surface area contributed by atoms with Crippen molar-refractivity contribution in [3.63, 3.8) is 0 Å². The Kier molecular flexibility index (Phi) is 2.64. The summed E-state index contributed by atoms with van der Waals surface area (Å²) in [5.41, 5.74) is 0. The van der Waals surface area contributed by atoms with Gasteiger partial charge in [0, 0.05) is 12.6 Å². The monoisotopic (exact) mass is 225 g/mol. The summed E-state index contributed by atoms with van der Waals surface area (Å²) in [6.45, 7) is 0.571. The number of ether oxygens (including phenoxy) is 1. The van der Waals surface area contributed by atoms with Crippen molar-refractivity contribution in [1.82, 2.24) is 4.90 Å². The Balaban J connectivity index is 1.66. The van der Waals surface area contributed by atoms with Gasteiger partial charge in [0.1, 0.15) is 0 Å². The van der Waals surface area contributed by atoms with Crippen LogP contribution in [0.1, 0.15) is 32.1 Å². The number of fused-ring (bicyclic) bond motifs is 2. The van der Waals surface area contributed by atoms with Gasteiger partial charge in [0.05, 0.1) is 24.7 Å². The number of hydrogen-bond acceptors (Lipinski definition) is 3. The van der Waals surface area contributed by atoms with Crippen molar-refractivity contribution in [3.05, 3.63) is 0 Å². The Bertz CT molecular complexity index is 286. The summed E-state index contributed by atoms with van der Waals surface area (Å²) in [6, 6.07) is 0.402. The van der Waals surface area contributed by atoms with Gasteiger partial charge in [-0.1, -0.05) is 0 Å². The van der Waals surface area contributed by atoms with E-state index in [9.17, 15) is 4.79 Å². The van der Waals surface area contributed by atoms with Crippen molar-refractivity contribution in [3.8, 4) is 0 Å². The number of aliphatic hydroxyl groups excluding tert-OH is 1. The van der Waals surface area contributed by atoms with E-state index in [1.54, 1.807) is 0 Å². The van der Waals surface area contributed by atoms with Gasteiger partial charge in [-0.25, -0.2) is 0 Å². The predicted octanol–water partition coefficient (Wildman–Crippen LogP) is 0.537. The van der Waals surface area contributed by atoms with Crippen molar-refractivity contribution in [2.45, 2.75) is 50.4 Å². The van der Waals surface area contributed by atoms with Crippen LogP contribution < -0.4 is 0 Å². The Morgan fingerprint density at radius 3 is 2.62 bits per heavy atom. The molecule has 0 radical (unpaired) electrons. The van der Waals surface area contributed by atoms with E-state index < -0.39 is 0 Å². The minimum absolute atomic E-state index is 0.0733. The molecule has 0 spiro atoms. The summed E-state index contributed by atoms with van der Waals surface area (Å²) in [4.78, 5) is 14.2. The molecule has 3 unspecified atom stereocenters. The third-order valence-electron chi connectivity index (χ3n) is 4.03. The highest BCUT2D eigenvalue weighted by molar-refractivity contribution is 5.80. The first kappa shape index (κ1) is 10.5. The molecule has 2 aliphatic heterocycles. The van der Waals surface area contributed by atoms with E-state index in [2.05, 4.69) is 0 Å². The van der Waals surface area contributed by atoms with Gasteiger partial charge in [-0.2, -0.15) is 0 Å². The summed E-state index contributed by atoms with van der Waals surface area (Å²) < 4.78 is 5.72. The Morgan fingerprint density at radius 1 is 1.31 bits per heavy atom. The van der Waals surface area contributed by atoms with Crippen LogP contribution in [0.3, 0.4) is 0 Å². The van der Waals surface area contributed by atoms with Gasteiger partial charge in [0.15, 0.2) is 0 Å². The second-order valence-electron chi connectivity index (χ2n) is 5.20. The summed E-state index contributed by atoms with van der Waals surface area (Å²) in [7, 11) is 0. The lowest BCUT2D eigenvalue weighted by Gasteiger charge is -2.27. The molecule has 1 saturated carbocycles. The Hall–Kier alpha value is -0.610. The maximum absolute atomic E-state index is 12.3. The SMILES string of the molecule is O=C(C1CC2CCC1O2)N(CCO)C1CC1. The third kappa shape index (κ3) is 1.74. The molecule has 3 aliphatic rings. The molecule has 4 nitrogen and oxygen atoms in total. The molecule has 1 N–H and O–H groups in total. The van der Waals surface area contributed by atoms with Crippen LogP contribution in [0.5, 0.6) is 0 Å². The van der Waals surface area contributed by atoms with Crippen molar-refractivity contribution >= 4 is 5.91 Å². The first-order valence-electron chi connectivity index (χ1n) is 6.36. The number of rotatable bonds is 4. The number of amides is 1. The molecule has 1 aliphatic carbocycles. The average molecular weight is 225 g/mol. The van der Waals surface area contributed by atoms with E-state index in [1.807, 2.05) is 4.90 Å². The van der Waals surface area contributed by atoms with Crippen molar-refractivity contribution in [2.24, 2.45) is 5.92 Å². The average Bonchev–Trinajstić information content (AvgIpc) is 2.91. The van der Waals surface area contributed by atoms with E-state index in [0.717, 1.165) is 32.1 Å². The third-order valence-corrected chi connectivity index (χ3v) is 4.03. The first-order valence-corrected chi connectivity index (χ1v) is 6.36. The second kappa shape index (κ2) is 4.00. The highest BCUT2D eigenvalue weighted by Crippen LogP contribution is 2.41. The smallest absolute Gasteiger partial charge is 0.228 e. The van der Waals surface area contributed by atoms with Crippen LogP contribution in [0.15, 0.2) is 0 Å². The summed E-state index contributed by atoms with van der Waals surface area (Å²) in [5.74, 6) is 0.301. The van der Waals surface area contributed by atoms with Crippen LogP contribution in [-0.2, 0) is 9.53 Å². The lowest BCUT2D eigenvalue weighted by molar-refractivity contribution is -0.138. The van der Waals surface area contributed by atoms with Crippen LogP contribution in [-0.4, -0.2) is 47.3 Å². The highest BCUT2D eigenvalue weighted by Gasteiger charge is 2.47. The molecular formula is C12H19NO3. The molecule has 2 bridgehead atoms. The predicted molar refractivity (Wildman–Crippen MR) is 57.8 cm³/mol. The fourth-order valence-electron chi connectivity index (χ4n) is 3.08. The zero-order valence-corrected chi connectivity index (χ0v) is 9.47. The number of nitrogens with zero attached hydrogens (tertiary/aromatic N) is 1. The molecule has 16 heavy (non-hydrogen) atoms. The van der Waals surface area contributed by atoms with Gasteiger partial charge in [0.2, 0.25) is 5.91 Å².